The van der Waals surface area contributed by atoms with Crippen LogP contribution in [0.5, 0.6) is 0 Å². The average molecular weight is 421 g/mol. The van der Waals surface area contributed by atoms with E-state index < -0.39 is 0 Å². The molecule has 0 aliphatic carbocycles. The molecule has 0 fully saturated rings. The first-order valence-corrected chi connectivity index (χ1v) is 11.9. The number of aryl methyl sites for hydroxylation is 2. The van der Waals surface area contributed by atoms with Gasteiger partial charge in [0.2, 0.25) is 0 Å². The van der Waals surface area contributed by atoms with Crippen LogP contribution in [0, 0.1) is 19.8 Å². The van der Waals surface area contributed by atoms with Crippen LogP contribution >= 0.6 is 0 Å². The smallest absolute Gasteiger partial charge is 0.0146 e. The van der Waals surface area contributed by atoms with E-state index in [-0.39, 0.29) is 0 Å². The van der Waals surface area contributed by atoms with E-state index in [1.54, 1.807) is 0 Å². The summed E-state index contributed by atoms with van der Waals surface area (Å²) in [6.07, 6.45) is 2.66. The van der Waals surface area contributed by atoms with Gasteiger partial charge in [-0.2, -0.15) is 0 Å². The SMILES string of the molecule is CCC(C)CC.Cc1ccc(-c2ccccc2)cc1-c1cc(-c2ccccc2)ccc1C. The standard InChI is InChI=1S/C26H22.C6H14/c1-19-13-15-23(21-9-5-3-6-10-21)17-25(19)26-18-24(16-14-20(26)2)22-11-7-4-8-12-22;1-4-6(3)5-2/h3-18H,1-2H3;6H,4-5H2,1-3H3. The van der Waals surface area contributed by atoms with Gasteiger partial charge in [0.05, 0.1) is 0 Å². The van der Waals surface area contributed by atoms with Crippen molar-refractivity contribution in [3.8, 4) is 33.4 Å². The van der Waals surface area contributed by atoms with E-state index in [1.807, 2.05) is 0 Å². The third-order valence-corrected chi connectivity index (χ3v) is 6.37. The Bertz CT molecular complexity index is 1020. The molecule has 0 aliphatic heterocycles. The van der Waals surface area contributed by atoms with Crippen LogP contribution in [0.1, 0.15) is 44.7 Å². The Kier molecular flexibility index (Phi) is 8.45. The molecule has 0 N–H and O–H groups in total. The van der Waals surface area contributed by atoms with Crippen LogP contribution in [0.3, 0.4) is 0 Å². The lowest BCUT2D eigenvalue weighted by Gasteiger charge is -2.14. The molecule has 0 aromatic heterocycles. The average Bonchev–Trinajstić information content (AvgIpc) is 2.86. The minimum atomic E-state index is 0.935. The molecule has 0 heterocycles. The van der Waals surface area contributed by atoms with Crippen LogP contribution in [0.2, 0.25) is 0 Å². The number of rotatable bonds is 5. The Hall–Kier alpha value is -3.12. The van der Waals surface area contributed by atoms with Gasteiger partial charge in [0.25, 0.3) is 0 Å². The maximum absolute atomic E-state index is 2.32. The van der Waals surface area contributed by atoms with Crippen molar-refractivity contribution in [1.82, 2.24) is 0 Å². The van der Waals surface area contributed by atoms with Crippen LogP contribution in [0.15, 0.2) is 97.1 Å². The molecule has 4 aromatic carbocycles. The van der Waals surface area contributed by atoms with E-state index >= 15 is 0 Å². The van der Waals surface area contributed by atoms with Gasteiger partial charge in [-0.05, 0) is 76.4 Å². The summed E-state index contributed by atoms with van der Waals surface area (Å²) in [5.74, 6) is 0.935. The molecule has 0 amide bonds. The zero-order valence-electron chi connectivity index (χ0n) is 20.2. The minimum absolute atomic E-state index is 0.935. The van der Waals surface area contributed by atoms with Gasteiger partial charge in [0, 0.05) is 0 Å². The minimum Gasteiger partial charge on any atom is -0.0651 e. The fourth-order valence-corrected chi connectivity index (χ4v) is 3.73. The topological polar surface area (TPSA) is 0 Å². The zero-order valence-corrected chi connectivity index (χ0v) is 20.2. The van der Waals surface area contributed by atoms with Gasteiger partial charge in [0.1, 0.15) is 0 Å². The monoisotopic (exact) mass is 420 g/mol. The largest absolute Gasteiger partial charge is 0.0651 e. The highest BCUT2D eigenvalue weighted by Crippen LogP contribution is 2.34. The summed E-state index contributed by atoms with van der Waals surface area (Å²) >= 11 is 0. The lowest BCUT2D eigenvalue weighted by molar-refractivity contribution is 0.544. The van der Waals surface area contributed by atoms with Gasteiger partial charge in [-0.25, -0.2) is 0 Å². The van der Waals surface area contributed by atoms with Gasteiger partial charge in [-0.1, -0.05) is 119 Å². The van der Waals surface area contributed by atoms with Gasteiger partial charge in [-0.3, -0.25) is 0 Å². The Balaban J connectivity index is 0.000000427. The third-order valence-electron chi connectivity index (χ3n) is 6.37. The summed E-state index contributed by atoms with van der Waals surface area (Å²) in [5.41, 5.74) is 10.3. The van der Waals surface area contributed by atoms with Gasteiger partial charge in [-0.15, -0.1) is 0 Å². The van der Waals surface area contributed by atoms with Gasteiger partial charge < -0.3 is 0 Å². The van der Waals surface area contributed by atoms with Crippen LogP contribution in [-0.2, 0) is 0 Å². The third kappa shape index (κ3) is 5.98. The van der Waals surface area contributed by atoms with Crippen LogP contribution in [0.4, 0.5) is 0 Å². The van der Waals surface area contributed by atoms with Crippen molar-refractivity contribution in [2.75, 3.05) is 0 Å². The van der Waals surface area contributed by atoms with Crippen molar-refractivity contribution in [3.63, 3.8) is 0 Å². The van der Waals surface area contributed by atoms with E-state index in [0.29, 0.717) is 0 Å². The second-order valence-electron chi connectivity index (χ2n) is 8.71. The summed E-state index contributed by atoms with van der Waals surface area (Å²) in [6, 6.07) is 34.7. The summed E-state index contributed by atoms with van der Waals surface area (Å²) in [6.45, 7) is 11.1. The van der Waals surface area contributed by atoms with Crippen LogP contribution in [-0.4, -0.2) is 0 Å². The van der Waals surface area contributed by atoms with Crippen molar-refractivity contribution in [1.29, 1.82) is 0 Å². The zero-order chi connectivity index (χ0) is 22.9. The molecule has 0 aliphatic rings. The molecule has 0 atom stereocenters. The maximum Gasteiger partial charge on any atom is -0.0146 e. The van der Waals surface area contributed by atoms with E-state index in [0.717, 1.165) is 5.92 Å². The van der Waals surface area contributed by atoms with Crippen LogP contribution < -0.4 is 0 Å². The molecular weight excluding hydrogens is 384 g/mol. The van der Waals surface area contributed by atoms with E-state index in [9.17, 15) is 0 Å². The first-order valence-electron chi connectivity index (χ1n) is 11.9. The number of hydrogen-bond donors (Lipinski definition) is 0. The second kappa shape index (κ2) is 11.5. The molecule has 4 rings (SSSR count). The van der Waals surface area contributed by atoms with Crippen molar-refractivity contribution < 1.29 is 0 Å². The summed E-state index contributed by atoms with van der Waals surface area (Å²) in [5, 5.41) is 0. The molecule has 164 valence electrons. The molecule has 0 nitrogen and oxygen atoms in total. The molecule has 0 bridgehead atoms. The van der Waals surface area contributed by atoms with Crippen molar-refractivity contribution in [3.05, 3.63) is 108 Å². The normalized spacial score (nSPS) is 10.6. The highest BCUT2D eigenvalue weighted by atomic mass is 14.1. The maximum atomic E-state index is 2.32. The summed E-state index contributed by atoms with van der Waals surface area (Å²) in [7, 11) is 0. The molecule has 4 aromatic rings. The molecule has 0 saturated heterocycles. The lowest BCUT2D eigenvalue weighted by Crippen LogP contribution is -1.90. The molecular formula is C32H36. The first-order chi connectivity index (χ1) is 15.5. The molecule has 32 heavy (non-hydrogen) atoms. The Morgan fingerprint density at radius 1 is 0.500 bits per heavy atom. The summed E-state index contributed by atoms with van der Waals surface area (Å²) in [4.78, 5) is 0. The van der Waals surface area contributed by atoms with Gasteiger partial charge in [0.15, 0.2) is 0 Å². The second-order valence-corrected chi connectivity index (χ2v) is 8.71. The molecule has 0 radical (unpaired) electrons. The Morgan fingerprint density at radius 3 is 1.19 bits per heavy atom. The molecule has 0 unspecified atom stereocenters. The van der Waals surface area contributed by atoms with Crippen molar-refractivity contribution >= 4 is 0 Å². The molecule has 0 saturated carbocycles. The lowest BCUT2D eigenvalue weighted by atomic mass is 9.90. The quantitative estimate of drug-likeness (QED) is 0.301. The Labute approximate surface area is 195 Å². The summed E-state index contributed by atoms with van der Waals surface area (Å²) < 4.78 is 0. The molecule has 0 heteroatoms. The Morgan fingerprint density at radius 2 is 0.875 bits per heavy atom. The van der Waals surface area contributed by atoms with Gasteiger partial charge >= 0.3 is 0 Å². The first kappa shape index (κ1) is 23.5. The predicted molar refractivity (Wildman–Crippen MR) is 142 cm³/mol. The highest BCUT2D eigenvalue weighted by Gasteiger charge is 2.09. The van der Waals surface area contributed by atoms with Crippen molar-refractivity contribution in [2.45, 2.75) is 47.5 Å². The van der Waals surface area contributed by atoms with E-state index in [2.05, 4.69) is 132 Å². The van der Waals surface area contributed by atoms with Crippen LogP contribution in [0.25, 0.3) is 33.4 Å². The molecule has 0 spiro atoms. The fourth-order valence-electron chi connectivity index (χ4n) is 3.73. The van der Waals surface area contributed by atoms with E-state index in [4.69, 9.17) is 0 Å². The van der Waals surface area contributed by atoms with Crippen molar-refractivity contribution in [2.24, 2.45) is 5.92 Å². The fraction of sp³-hybridized carbons (Fsp3) is 0.250. The number of hydrogen-bond acceptors (Lipinski definition) is 0. The van der Waals surface area contributed by atoms with E-state index in [1.165, 1.54) is 57.3 Å². The predicted octanol–water partition coefficient (Wildman–Crippen LogP) is 9.75. The number of benzene rings is 4. The highest BCUT2D eigenvalue weighted by molar-refractivity contribution is 5.80.